The molecule has 0 saturated heterocycles. The lowest BCUT2D eigenvalue weighted by Crippen LogP contribution is -2.02. The van der Waals surface area contributed by atoms with E-state index in [1.165, 1.54) is 19.3 Å². The van der Waals surface area contributed by atoms with E-state index in [9.17, 15) is 4.79 Å². The molecule has 0 spiro atoms. The fraction of sp³-hybridized carbons (Fsp3) is 0.533. The molecule has 0 saturated carbocycles. The maximum Gasteiger partial charge on any atom is 0.137 e. The van der Waals surface area contributed by atoms with Crippen molar-refractivity contribution in [1.82, 2.24) is 0 Å². The van der Waals surface area contributed by atoms with Crippen molar-refractivity contribution in [2.75, 3.05) is 0 Å². The van der Waals surface area contributed by atoms with Crippen molar-refractivity contribution in [3.05, 3.63) is 29.8 Å². The van der Waals surface area contributed by atoms with Crippen LogP contribution in [0.25, 0.3) is 0 Å². The fourth-order valence-corrected chi connectivity index (χ4v) is 1.86. The van der Waals surface area contributed by atoms with E-state index >= 15 is 0 Å². The molecule has 0 amide bonds. The van der Waals surface area contributed by atoms with Gasteiger partial charge in [0, 0.05) is 12.8 Å². The number of Topliss-reactive ketones (excluding diaryl/α,β-unsaturated/α-hetero) is 1. The summed E-state index contributed by atoms with van der Waals surface area (Å²) in [6, 6.07) is 6.88. The molecular weight excluding hydrogens is 212 g/mol. The number of phenolic OH excluding ortho intramolecular Hbond substituents is 1. The average molecular weight is 234 g/mol. The highest BCUT2D eigenvalue weighted by molar-refractivity contribution is 5.80. The third-order valence-electron chi connectivity index (χ3n) is 2.90. The fourth-order valence-electron chi connectivity index (χ4n) is 1.86. The van der Waals surface area contributed by atoms with Crippen LogP contribution in [0.4, 0.5) is 0 Å². The number of carbonyl (C=O) groups excluding carboxylic acids is 1. The normalized spacial score (nSPS) is 10.4. The Balaban J connectivity index is 2.18. The second-order valence-electron chi connectivity index (χ2n) is 4.55. The van der Waals surface area contributed by atoms with Crippen LogP contribution in [0.2, 0.25) is 0 Å². The van der Waals surface area contributed by atoms with Gasteiger partial charge in [-0.2, -0.15) is 0 Å². The SMILES string of the molecule is CCCCCCCC(=O)Cc1ccc(O)cc1. The summed E-state index contributed by atoms with van der Waals surface area (Å²) in [7, 11) is 0. The maximum absolute atomic E-state index is 11.7. The molecule has 0 radical (unpaired) electrons. The summed E-state index contributed by atoms with van der Waals surface area (Å²) in [5, 5.41) is 9.13. The van der Waals surface area contributed by atoms with Crippen LogP contribution in [0.3, 0.4) is 0 Å². The Morgan fingerprint density at radius 3 is 2.35 bits per heavy atom. The Labute approximate surface area is 104 Å². The molecule has 0 heterocycles. The highest BCUT2D eigenvalue weighted by Crippen LogP contribution is 2.12. The van der Waals surface area contributed by atoms with Gasteiger partial charge in [0.15, 0.2) is 0 Å². The number of phenols is 1. The van der Waals surface area contributed by atoms with Crippen molar-refractivity contribution in [2.45, 2.75) is 51.9 Å². The first-order valence-corrected chi connectivity index (χ1v) is 6.52. The smallest absolute Gasteiger partial charge is 0.137 e. The van der Waals surface area contributed by atoms with E-state index < -0.39 is 0 Å². The number of benzene rings is 1. The van der Waals surface area contributed by atoms with Gasteiger partial charge in [0.05, 0.1) is 0 Å². The molecule has 0 aliphatic rings. The molecule has 0 unspecified atom stereocenters. The number of hydrogen-bond donors (Lipinski definition) is 1. The molecule has 1 aromatic rings. The van der Waals surface area contributed by atoms with Crippen LogP contribution in [0.1, 0.15) is 51.0 Å². The van der Waals surface area contributed by atoms with Crippen LogP contribution in [-0.2, 0) is 11.2 Å². The number of ketones is 1. The second-order valence-corrected chi connectivity index (χ2v) is 4.55. The van der Waals surface area contributed by atoms with E-state index in [0.29, 0.717) is 18.6 Å². The quantitative estimate of drug-likeness (QED) is 0.693. The molecule has 17 heavy (non-hydrogen) atoms. The molecule has 0 bridgehead atoms. The van der Waals surface area contributed by atoms with Gasteiger partial charge in [0.2, 0.25) is 0 Å². The zero-order chi connectivity index (χ0) is 12.5. The Kier molecular flexibility index (Phi) is 6.38. The molecule has 94 valence electrons. The number of carbonyl (C=O) groups is 1. The first-order chi connectivity index (χ1) is 8.22. The van der Waals surface area contributed by atoms with Gasteiger partial charge in [0.1, 0.15) is 11.5 Å². The lowest BCUT2D eigenvalue weighted by molar-refractivity contribution is -0.118. The molecule has 0 aromatic heterocycles. The molecule has 1 N–H and O–H groups in total. The van der Waals surface area contributed by atoms with Gasteiger partial charge in [-0.05, 0) is 24.1 Å². The van der Waals surface area contributed by atoms with Crippen molar-refractivity contribution in [1.29, 1.82) is 0 Å². The predicted molar refractivity (Wildman–Crippen MR) is 70.2 cm³/mol. The van der Waals surface area contributed by atoms with E-state index in [0.717, 1.165) is 18.4 Å². The van der Waals surface area contributed by atoms with Crippen LogP contribution in [-0.4, -0.2) is 10.9 Å². The molecule has 1 aromatic carbocycles. The molecule has 0 aliphatic carbocycles. The summed E-state index contributed by atoms with van der Waals surface area (Å²) >= 11 is 0. The summed E-state index contributed by atoms with van der Waals surface area (Å²) in [5.41, 5.74) is 0.987. The number of unbranched alkanes of at least 4 members (excludes halogenated alkanes) is 4. The summed E-state index contributed by atoms with van der Waals surface area (Å²) in [6.45, 7) is 2.19. The lowest BCUT2D eigenvalue weighted by Gasteiger charge is -2.02. The predicted octanol–water partition coefficient (Wildman–Crippen LogP) is 3.86. The molecule has 2 nitrogen and oxygen atoms in total. The zero-order valence-corrected chi connectivity index (χ0v) is 10.6. The summed E-state index contributed by atoms with van der Waals surface area (Å²) in [6.07, 6.45) is 7.10. The Hall–Kier alpha value is -1.31. The Morgan fingerprint density at radius 1 is 1.06 bits per heavy atom. The van der Waals surface area contributed by atoms with Gasteiger partial charge in [-0.1, -0.05) is 44.7 Å². The van der Waals surface area contributed by atoms with Crippen molar-refractivity contribution in [3.63, 3.8) is 0 Å². The largest absolute Gasteiger partial charge is 0.508 e. The second kappa shape index (κ2) is 7.88. The highest BCUT2D eigenvalue weighted by atomic mass is 16.3. The van der Waals surface area contributed by atoms with Crippen LogP contribution < -0.4 is 0 Å². The number of hydrogen-bond acceptors (Lipinski definition) is 2. The molecule has 0 aliphatic heterocycles. The molecular formula is C15H22O2. The van der Waals surface area contributed by atoms with Gasteiger partial charge in [-0.15, -0.1) is 0 Å². The average Bonchev–Trinajstić information content (AvgIpc) is 2.32. The van der Waals surface area contributed by atoms with Gasteiger partial charge < -0.3 is 5.11 Å². The van der Waals surface area contributed by atoms with Gasteiger partial charge in [-0.3, -0.25) is 4.79 Å². The minimum Gasteiger partial charge on any atom is -0.508 e. The molecule has 1 rings (SSSR count). The van der Waals surface area contributed by atoms with Crippen LogP contribution in [0.5, 0.6) is 5.75 Å². The maximum atomic E-state index is 11.7. The third kappa shape index (κ3) is 6.10. The minimum atomic E-state index is 0.251. The van der Waals surface area contributed by atoms with E-state index in [1.54, 1.807) is 12.1 Å². The highest BCUT2D eigenvalue weighted by Gasteiger charge is 2.03. The van der Waals surface area contributed by atoms with Gasteiger partial charge in [0.25, 0.3) is 0 Å². The number of aromatic hydroxyl groups is 1. The van der Waals surface area contributed by atoms with Crippen molar-refractivity contribution < 1.29 is 9.90 Å². The standard InChI is InChI=1S/C15H22O2/c1-2-3-4-5-6-7-15(17)12-13-8-10-14(16)11-9-13/h8-11,16H,2-7,12H2,1H3. The summed E-state index contributed by atoms with van der Waals surface area (Å²) in [5.74, 6) is 0.549. The van der Waals surface area contributed by atoms with E-state index in [1.807, 2.05) is 12.1 Å². The first-order valence-electron chi connectivity index (χ1n) is 6.52. The molecule has 0 atom stereocenters. The van der Waals surface area contributed by atoms with Crippen molar-refractivity contribution in [3.8, 4) is 5.75 Å². The zero-order valence-electron chi connectivity index (χ0n) is 10.6. The van der Waals surface area contributed by atoms with Crippen molar-refractivity contribution in [2.24, 2.45) is 0 Å². The van der Waals surface area contributed by atoms with E-state index in [2.05, 4.69) is 6.92 Å². The van der Waals surface area contributed by atoms with Crippen LogP contribution >= 0.6 is 0 Å². The van der Waals surface area contributed by atoms with E-state index in [-0.39, 0.29) is 5.75 Å². The van der Waals surface area contributed by atoms with Gasteiger partial charge >= 0.3 is 0 Å². The Bertz CT molecular complexity index is 327. The topological polar surface area (TPSA) is 37.3 Å². The third-order valence-corrected chi connectivity index (χ3v) is 2.90. The monoisotopic (exact) mass is 234 g/mol. The Morgan fingerprint density at radius 2 is 1.71 bits per heavy atom. The van der Waals surface area contributed by atoms with Crippen LogP contribution in [0.15, 0.2) is 24.3 Å². The van der Waals surface area contributed by atoms with Crippen LogP contribution in [0, 0.1) is 0 Å². The first kappa shape index (κ1) is 13.8. The molecule has 0 fully saturated rings. The minimum absolute atomic E-state index is 0.251. The molecule has 2 heteroatoms. The summed E-state index contributed by atoms with van der Waals surface area (Å²) in [4.78, 5) is 11.7. The van der Waals surface area contributed by atoms with Gasteiger partial charge in [-0.25, -0.2) is 0 Å². The lowest BCUT2D eigenvalue weighted by atomic mass is 10.0. The number of rotatable bonds is 8. The van der Waals surface area contributed by atoms with E-state index in [4.69, 9.17) is 5.11 Å². The summed E-state index contributed by atoms with van der Waals surface area (Å²) < 4.78 is 0. The van der Waals surface area contributed by atoms with Crippen molar-refractivity contribution >= 4 is 5.78 Å².